The Kier molecular flexibility index (Phi) is 4.41. The first kappa shape index (κ1) is 13.6. The molecule has 0 aliphatic heterocycles. The van der Waals surface area contributed by atoms with E-state index in [2.05, 4.69) is 31.2 Å². The summed E-state index contributed by atoms with van der Waals surface area (Å²) in [5.74, 6) is 0. The van der Waals surface area contributed by atoms with Gasteiger partial charge in [-0.15, -0.1) is 0 Å². The Labute approximate surface area is 110 Å². The quantitative estimate of drug-likeness (QED) is 0.884. The maximum Gasteiger partial charge on any atom is 0.0921 e. The van der Waals surface area contributed by atoms with Crippen molar-refractivity contribution in [1.29, 1.82) is 0 Å². The summed E-state index contributed by atoms with van der Waals surface area (Å²) in [6.45, 7) is 2.18. The lowest BCUT2D eigenvalue weighted by Crippen LogP contribution is -2.35. The molecule has 0 bridgehead atoms. The van der Waals surface area contributed by atoms with Crippen LogP contribution in [0.4, 0.5) is 0 Å². The summed E-state index contributed by atoms with van der Waals surface area (Å²) >= 11 is 0. The standard InChI is InChI=1S/C16H24O2/c1-3-6-13-7-4-8-14(11-13)16(17)10-5-9-15(12-16)18-2/h4,7-8,11,15,17H,3,5-6,9-10,12H2,1-2H3. The predicted molar refractivity (Wildman–Crippen MR) is 73.6 cm³/mol. The van der Waals surface area contributed by atoms with Gasteiger partial charge in [0.05, 0.1) is 11.7 Å². The molecule has 18 heavy (non-hydrogen) atoms. The van der Waals surface area contributed by atoms with Crippen molar-refractivity contribution >= 4 is 0 Å². The van der Waals surface area contributed by atoms with Crippen LogP contribution in [0.25, 0.3) is 0 Å². The highest BCUT2D eigenvalue weighted by atomic mass is 16.5. The Morgan fingerprint density at radius 2 is 2.28 bits per heavy atom. The summed E-state index contributed by atoms with van der Waals surface area (Å²) in [7, 11) is 1.74. The van der Waals surface area contributed by atoms with Crippen molar-refractivity contribution in [3.8, 4) is 0 Å². The van der Waals surface area contributed by atoms with Crippen LogP contribution in [0.5, 0.6) is 0 Å². The average Bonchev–Trinajstić information content (AvgIpc) is 2.39. The van der Waals surface area contributed by atoms with Crippen LogP contribution in [0, 0.1) is 0 Å². The maximum absolute atomic E-state index is 10.9. The van der Waals surface area contributed by atoms with Gasteiger partial charge in [-0.2, -0.15) is 0 Å². The third kappa shape index (κ3) is 2.93. The van der Waals surface area contributed by atoms with Crippen molar-refractivity contribution in [3.63, 3.8) is 0 Å². The molecule has 0 radical (unpaired) electrons. The molecule has 1 saturated carbocycles. The third-order valence-electron chi connectivity index (χ3n) is 4.02. The van der Waals surface area contributed by atoms with Crippen LogP contribution in [-0.4, -0.2) is 18.3 Å². The topological polar surface area (TPSA) is 29.5 Å². The number of hydrogen-bond acceptors (Lipinski definition) is 2. The molecule has 2 atom stereocenters. The molecule has 2 heteroatoms. The third-order valence-corrected chi connectivity index (χ3v) is 4.02. The smallest absolute Gasteiger partial charge is 0.0921 e. The van der Waals surface area contributed by atoms with Crippen molar-refractivity contribution in [2.75, 3.05) is 7.11 Å². The zero-order chi connectivity index (χ0) is 13.0. The van der Waals surface area contributed by atoms with Crippen LogP contribution in [0.2, 0.25) is 0 Å². The molecule has 2 rings (SSSR count). The molecule has 2 nitrogen and oxygen atoms in total. The lowest BCUT2D eigenvalue weighted by molar-refractivity contribution is -0.0632. The molecule has 100 valence electrons. The molecule has 2 unspecified atom stereocenters. The highest BCUT2D eigenvalue weighted by Gasteiger charge is 2.35. The lowest BCUT2D eigenvalue weighted by atomic mass is 9.78. The van der Waals surface area contributed by atoms with Crippen LogP contribution in [0.3, 0.4) is 0 Å². The molecule has 0 saturated heterocycles. The van der Waals surface area contributed by atoms with Gasteiger partial charge in [-0.05, 0) is 36.8 Å². The number of benzene rings is 1. The second kappa shape index (κ2) is 5.85. The van der Waals surface area contributed by atoms with Crippen molar-refractivity contribution in [2.45, 2.75) is 57.2 Å². The zero-order valence-corrected chi connectivity index (χ0v) is 11.5. The molecule has 0 amide bonds. The Bertz CT molecular complexity index is 388. The second-order valence-corrected chi connectivity index (χ2v) is 5.44. The minimum absolute atomic E-state index is 0.193. The van der Waals surface area contributed by atoms with Gasteiger partial charge in [-0.1, -0.05) is 37.6 Å². The molecule has 0 heterocycles. The molecule has 1 aromatic rings. The minimum Gasteiger partial charge on any atom is -0.385 e. The number of aliphatic hydroxyl groups is 1. The van der Waals surface area contributed by atoms with Gasteiger partial charge in [0, 0.05) is 13.5 Å². The number of aryl methyl sites for hydroxylation is 1. The van der Waals surface area contributed by atoms with E-state index in [1.54, 1.807) is 7.11 Å². The summed E-state index contributed by atoms with van der Waals surface area (Å²) < 4.78 is 5.43. The molecule has 1 aliphatic carbocycles. The number of methoxy groups -OCH3 is 1. The summed E-state index contributed by atoms with van der Waals surface area (Å²) in [5, 5.41) is 10.9. The summed E-state index contributed by atoms with van der Waals surface area (Å²) in [6, 6.07) is 8.43. The molecule has 0 aromatic heterocycles. The highest BCUT2D eigenvalue weighted by Crippen LogP contribution is 2.38. The largest absolute Gasteiger partial charge is 0.385 e. The molecule has 0 spiro atoms. The van der Waals surface area contributed by atoms with Gasteiger partial charge in [0.1, 0.15) is 0 Å². The van der Waals surface area contributed by atoms with Crippen LogP contribution in [0.15, 0.2) is 24.3 Å². The van der Waals surface area contributed by atoms with E-state index in [0.29, 0.717) is 0 Å². The van der Waals surface area contributed by atoms with Crippen molar-refractivity contribution < 1.29 is 9.84 Å². The van der Waals surface area contributed by atoms with Crippen molar-refractivity contribution in [2.24, 2.45) is 0 Å². The van der Waals surface area contributed by atoms with E-state index in [0.717, 1.165) is 44.1 Å². The summed E-state index contributed by atoms with van der Waals surface area (Å²) in [5.41, 5.74) is 1.70. The van der Waals surface area contributed by atoms with Gasteiger partial charge in [0.15, 0.2) is 0 Å². The van der Waals surface area contributed by atoms with Crippen molar-refractivity contribution in [1.82, 2.24) is 0 Å². The maximum atomic E-state index is 10.9. The van der Waals surface area contributed by atoms with E-state index in [9.17, 15) is 5.11 Å². The normalized spacial score (nSPS) is 28.3. The van der Waals surface area contributed by atoms with Crippen LogP contribution in [0.1, 0.15) is 50.2 Å². The van der Waals surface area contributed by atoms with Crippen LogP contribution in [-0.2, 0) is 16.8 Å². The Hall–Kier alpha value is -0.860. The van der Waals surface area contributed by atoms with Gasteiger partial charge >= 0.3 is 0 Å². The molecular weight excluding hydrogens is 224 g/mol. The van der Waals surface area contributed by atoms with E-state index in [1.807, 2.05) is 0 Å². The minimum atomic E-state index is -0.692. The van der Waals surface area contributed by atoms with Crippen LogP contribution < -0.4 is 0 Å². The van der Waals surface area contributed by atoms with E-state index in [1.165, 1.54) is 5.56 Å². The summed E-state index contributed by atoms with van der Waals surface area (Å²) in [6.07, 6.45) is 6.08. The fraction of sp³-hybridized carbons (Fsp3) is 0.625. The Balaban J connectivity index is 2.20. The average molecular weight is 248 g/mol. The van der Waals surface area contributed by atoms with E-state index < -0.39 is 5.60 Å². The van der Waals surface area contributed by atoms with Gasteiger partial charge in [0.25, 0.3) is 0 Å². The Morgan fingerprint density at radius 3 is 3.00 bits per heavy atom. The van der Waals surface area contributed by atoms with Gasteiger partial charge < -0.3 is 9.84 Å². The van der Waals surface area contributed by atoms with Gasteiger partial charge in [0.2, 0.25) is 0 Å². The molecule has 1 aliphatic rings. The number of hydrogen-bond donors (Lipinski definition) is 1. The first-order valence-corrected chi connectivity index (χ1v) is 7.02. The monoisotopic (exact) mass is 248 g/mol. The van der Waals surface area contributed by atoms with Crippen LogP contribution >= 0.6 is 0 Å². The first-order chi connectivity index (χ1) is 8.68. The van der Waals surface area contributed by atoms with E-state index in [4.69, 9.17) is 4.74 Å². The number of ether oxygens (including phenoxy) is 1. The first-order valence-electron chi connectivity index (χ1n) is 7.02. The molecule has 1 aromatic carbocycles. The zero-order valence-electron chi connectivity index (χ0n) is 11.5. The Morgan fingerprint density at radius 1 is 1.44 bits per heavy atom. The fourth-order valence-electron chi connectivity index (χ4n) is 2.97. The lowest BCUT2D eigenvalue weighted by Gasteiger charge is -2.36. The molecule has 1 N–H and O–H groups in total. The summed E-state index contributed by atoms with van der Waals surface area (Å²) in [4.78, 5) is 0. The molecular formula is C16H24O2. The van der Waals surface area contributed by atoms with Crippen molar-refractivity contribution in [3.05, 3.63) is 35.4 Å². The van der Waals surface area contributed by atoms with E-state index >= 15 is 0 Å². The number of rotatable bonds is 4. The molecule has 1 fully saturated rings. The van der Waals surface area contributed by atoms with Gasteiger partial charge in [-0.25, -0.2) is 0 Å². The van der Waals surface area contributed by atoms with Gasteiger partial charge in [-0.3, -0.25) is 0 Å². The fourth-order valence-corrected chi connectivity index (χ4v) is 2.97. The highest BCUT2D eigenvalue weighted by molar-refractivity contribution is 5.29. The van der Waals surface area contributed by atoms with E-state index in [-0.39, 0.29) is 6.10 Å². The predicted octanol–water partition coefficient (Wildman–Crippen LogP) is 3.42. The SMILES string of the molecule is CCCc1cccc(C2(O)CCCC(OC)C2)c1. The second-order valence-electron chi connectivity index (χ2n) is 5.44.